The van der Waals surface area contributed by atoms with E-state index in [1.165, 1.54) is 98.6 Å². The Balaban J connectivity index is 0.000000547. The third-order valence-corrected chi connectivity index (χ3v) is 19.9. The molecule has 0 saturated heterocycles. The van der Waals surface area contributed by atoms with E-state index in [0.29, 0.717) is 39.6 Å². The number of hydrogen-bond donors (Lipinski definition) is 0. The van der Waals surface area contributed by atoms with Gasteiger partial charge in [-0.05, 0) is 306 Å². The maximum atomic E-state index is 6.20. The van der Waals surface area contributed by atoms with Crippen LogP contribution in [0.5, 0.6) is 34.5 Å². The standard InChI is InChI=1S/2C36H51O3P.2ClH.Co/c2*1-10-25-19-31(20-26(11-2)34(25)37-16-7)40(32-21-27(12-3)35(38-17-8)28(13-4)22-32)33-23-29(14-5)36(39-18-9)30(15-6)24-33;;;/h2*19-24H,10-18H2,1-9H3;2*1H;/q;;;;+2/p-2. The molecule has 459 valence electrons. The van der Waals surface area contributed by atoms with E-state index < -0.39 is 15.8 Å². The van der Waals surface area contributed by atoms with Gasteiger partial charge in [0.15, 0.2) is 0 Å². The summed E-state index contributed by atoms with van der Waals surface area (Å²) < 4.78 is 37.2. The van der Waals surface area contributed by atoms with Gasteiger partial charge in [0.05, 0.1) is 39.6 Å². The van der Waals surface area contributed by atoms with Crippen LogP contribution in [0.15, 0.2) is 72.8 Å². The molecule has 0 bridgehead atoms. The summed E-state index contributed by atoms with van der Waals surface area (Å²) in [6.45, 7) is 43.5. The van der Waals surface area contributed by atoms with E-state index in [0.717, 1.165) is 112 Å². The maximum absolute atomic E-state index is 6.20. The smallest absolute Gasteiger partial charge is 1.00 e. The fourth-order valence-corrected chi connectivity index (χ4v) is 16.4. The van der Waals surface area contributed by atoms with Gasteiger partial charge in [-0.15, -0.1) is 0 Å². The first-order valence-electron chi connectivity index (χ1n) is 31.2. The average molecular weight is 1260 g/mol. The molecule has 0 unspecified atom stereocenters. The Hall–Kier alpha value is -3.93. The number of rotatable bonds is 30. The molecule has 1 radical (unpaired) electrons. The molecule has 11 heteroatoms. The van der Waals surface area contributed by atoms with Crippen molar-refractivity contribution in [3.63, 3.8) is 0 Å². The Labute approximate surface area is 529 Å². The minimum atomic E-state index is -0.809. The van der Waals surface area contributed by atoms with Crippen LogP contribution in [0.3, 0.4) is 0 Å². The number of halogens is 2. The zero-order valence-electron chi connectivity index (χ0n) is 54.1. The van der Waals surface area contributed by atoms with Crippen LogP contribution in [-0.4, -0.2) is 39.6 Å². The second-order valence-electron chi connectivity index (χ2n) is 20.1. The fraction of sp³-hybridized carbons (Fsp3) is 0.500. The summed E-state index contributed by atoms with van der Waals surface area (Å²) >= 11 is 0. The average Bonchev–Trinajstić information content (AvgIpc) is 3.51. The Morgan fingerprint density at radius 1 is 0.205 bits per heavy atom. The van der Waals surface area contributed by atoms with Crippen molar-refractivity contribution >= 4 is 47.7 Å². The third-order valence-electron chi connectivity index (χ3n) is 15.2. The SMILES string of the molecule is CCOc1c(CC)cc(P(c2cc(CC)c(OCC)c(CC)c2)c2cc(CC)c(OCC)c(CC)c2)cc1CC.CCOc1c(CC)cc(P(c2cc(CC)c(OCC)c(CC)c2)c2cc(CC)c(OCC)c(CC)c2)cc1CC.[Cl-].[Cl-].[Co+2]. The predicted octanol–water partition coefficient (Wildman–Crippen LogP) is 10.0. The molecule has 0 aliphatic rings. The molecule has 0 spiro atoms. The van der Waals surface area contributed by atoms with Crippen LogP contribution in [0.25, 0.3) is 0 Å². The van der Waals surface area contributed by atoms with Crippen LogP contribution in [0.1, 0.15) is 191 Å². The number of benzene rings is 6. The van der Waals surface area contributed by atoms with Crippen LogP contribution in [0.2, 0.25) is 0 Å². The van der Waals surface area contributed by atoms with Crippen molar-refractivity contribution in [1.29, 1.82) is 0 Å². The molecule has 0 amide bonds. The first-order chi connectivity index (χ1) is 38.9. The van der Waals surface area contributed by atoms with Gasteiger partial charge in [0.25, 0.3) is 0 Å². The first kappa shape index (κ1) is 75.2. The fourth-order valence-electron chi connectivity index (χ4n) is 11.2. The molecular formula is C72H102Cl2CoO6P2. The number of ether oxygens (including phenoxy) is 6. The van der Waals surface area contributed by atoms with Gasteiger partial charge >= 0.3 is 16.8 Å². The zero-order valence-corrected chi connectivity index (χ0v) is 58.4. The molecule has 6 rings (SSSR count). The van der Waals surface area contributed by atoms with Crippen LogP contribution >= 0.6 is 15.8 Å². The van der Waals surface area contributed by atoms with E-state index in [2.05, 4.69) is 197 Å². The predicted molar refractivity (Wildman–Crippen MR) is 350 cm³/mol. The van der Waals surface area contributed by atoms with Gasteiger partial charge in [-0.3, -0.25) is 0 Å². The quantitative estimate of drug-likeness (QED) is 0.0419. The van der Waals surface area contributed by atoms with E-state index >= 15 is 0 Å². The molecule has 0 aliphatic carbocycles. The molecule has 6 aromatic carbocycles. The molecule has 0 atom stereocenters. The molecule has 0 heterocycles. The summed E-state index contributed by atoms with van der Waals surface area (Å²) in [5.41, 5.74) is 15.6. The Morgan fingerprint density at radius 2 is 0.301 bits per heavy atom. The van der Waals surface area contributed by atoms with Gasteiger partial charge in [-0.25, -0.2) is 0 Å². The van der Waals surface area contributed by atoms with E-state index in [9.17, 15) is 0 Å². The van der Waals surface area contributed by atoms with Gasteiger partial charge < -0.3 is 53.2 Å². The summed E-state index contributed by atoms with van der Waals surface area (Å²) in [4.78, 5) is 0. The number of hydrogen-bond acceptors (Lipinski definition) is 6. The van der Waals surface area contributed by atoms with E-state index in [1.807, 2.05) is 0 Å². The molecule has 0 saturated carbocycles. The number of aryl methyl sites for hydroxylation is 12. The maximum Gasteiger partial charge on any atom is 2.00 e. The van der Waals surface area contributed by atoms with Gasteiger partial charge in [0.2, 0.25) is 0 Å². The summed E-state index contributed by atoms with van der Waals surface area (Å²) in [5, 5.41) is 8.38. The van der Waals surface area contributed by atoms with Crippen LogP contribution in [0, 0.1) is 0 Å². The Bertz CT molecular complexity index is 2280. The van der Waals surface area contributed by atoms with Crippen molar-refractivity contribution < 1.29 is 70.0 Å². The monoisotopic (exact) mass is 1250 g/mol. The van der Waals surface area contributed by atoms with Gasteiger partial charge in [-0.1, -0.05) is 83.1 Å². The van der Waals surface area contributed by atoms with Crippen LogP contribution in [-0.2, 0) is 93.8 Å². The molecule has 0 aliphatic heterocycles. The van der Waals surface area contributed by atoms with E-state index in [4.69, 9.17) is 28.4 Å². The zero-order chi connectivity index (χ0) is 58.5. The molecule has 0 aromatic heterocycles. The first-order valence-corrected chi connectivity index (χ1v) is 33.9. The van der Waals surface area contributed by atoms with Crippen LogP contribution in [0.4, 0.5) is 0 Å². The largest absolute Gasteiger partial charge is 2.00 e. The summed E-state index contributed by atoms with van der Waals surface area (Å²) in [5.74, 6) is 6.48. The van der Waals surface area contributed by atoms with Crippen molar-refractivity contribution in [2.75, 3.05) is 39.6 Å². The van der Waals surface area contributed by atoms with Crippen molar-refractivity contribution in [1.82, 2.24) is 0 Å². The molecule has 0 N–H and O–H groups in total. The van der Waals surface area contributed by atoms with Crippen molar-refractivity contribution in [2.45, 2.75) is 202 Å². The minimum Gasteiger partial charge on any atom is -1.00 e. The van der Waals surface area contributed by atoms with E-state index in [1.54, 1.807) is 0 Å². The van der Waals surface area contributed by atoms with Crippen molar-refractivity contribution in [3.05, 3.63) is 140 Å². The molecule has 83 heavy (non-hydrogen) atoms. The molecular weight excluding hydrogens is 1150 g/mol. The van der Waals surface area contributed by atoms with Gasteiger partial charge in [0, 0.05) is 0 Å². The van der Waals surface area contributed by atoms with Gasteiger partial charge in [-0.2, -0.15) is 0 Å². The molecule has 6 aromatic rings. The summed E-state index contributed by atoms with van der Waals surface area (Å²) in [7, 11) is -1.62. The van der Waals surface area contributed by atoms with Crippen molar-refractivity contribution in [3.8, 4) is 34.5 Å². The van der Waals surface area contributed by atoms with E-state index in [-0.39, 0.29) is 41.6 Å². The normalized spacial score (nSPS) is 10.8. The second kappa shape index (κ2) is 38.3. The third kappa shape index (κ3) is 18.1. The Kier molecular flexibility index (Phi) is 34.7. The molecule has 6 nitrogen and oxygen atoms in total. The topological polar surface area (TPSA) is 55.4 Å². The van der Waals surface area contributed by atoms with Crippen molar-refractivity contribution in [2.24, 2.45) is 0 Å². The summed E-state index contributed by atoms with van der Waals surface area (Å²) in [6.07, 6.45) is 11.4. The Morgan fingerprint density at radius 3 is 0.373 bits per heavy atom. The summed E-state index contributed by atoms with van der Waals surface area (Å²) in [6, 6.07) is 29.1. The minimum absolute atomic E-state index is 0. The van der Waals surface area contributed by atoms with Crippen LogP contribution < -0.4 is 85.1 Å². The second-order valence-corrected chi connectivity index (χ2v) is 24.5. The van der Waals surface area contributed by atoms with Gasteiger partial charge in [0.1, 0.15) is 34.5 Å². The molecule has 0 fully saturated rings.